The topological polar surface area (TPSA) is 36.4 Å². The molecule has 0 saturated heterocycles. The highest BCUT2D eigenvalue weighted by molar-refractivity contribution is 6.25. The quantitative estimate of drug-likeness (QED) is 0.848. The van der Waals surface area contributed by atoms with Crippen LogP contribution in [0, 0.1) is 6.92 Å². The summed E-state index contributed by atoms with van der Waals surface area (Å²) in [5, 5.41) is 10.6. The lowest BCUT2D eigenvalue weighted by Crippen LogP contribution is -2.11. The molecule has 1 N–H and O–H groups in total. The smallest absolute Gasteiger partial charge is 0.146 e. The van der Waals surface area contributed by atoms with Crippen LogP contribution in [0.15, 0.2) is 24.3 Å². The van der Waals surface area contributed by atoms with Crippen LogP contribution in [-0.2, 0) is 0 Å². The summed E-state index contributed by atoms with van der Waals surface area (Å²) in [7, 11) is 0. The van der Waals surface area contributed by atoms with Gasteiger partial charge in [0.2, 0.25) is 0 Å². The third kappa shape index (κ3) is 2.56. The fourth-order valence-corrected chi connectivity index (χ4v) is 1.85. The zero-order chi connectivity index (χ0) is 11.7. The molecule has 0 bridgehead atoms. The van der Waals surface area contributed by atoms with Crippen LogP contribution in [0.2, 0.25) is 0 Å². The number of anilines is 1. The summed E-state index contributed by atoms with van der Waals surface area (Å²) in [6, 6.07) is 7.32. The van der Waals surface area contributed by atoms with E-state index in [4.69, 9.17) is 11.8 Å². The van der Waals surface area contributed by atoms with Gasteiger partial charge in [-0.1, -0.05) is 12.1 Å². The van der Waals surface area contributed by atoms with Gasteiger partial charge in [-0.2, -0.15) is 0 Å². The van der Waals surface area contributed by atoms with Gasteiger partial charge < -0.3 is 5.11 Å². The molecular formula is C12H14Cl2N2O. The van der Waals surface area contributed by atoms with E-state index in [1.54, 1.807) is 16.6 Å². The number of halogens is 2. The second-order valence-corrected chi connectivity index (χ2v) is 4.06. The van der Waals surface area contributed by atoms with Crippen molar-refractivity contribution in [1.82, 2.24) is 4.98 Å². The van der Waals surface area contributed by atoms with Gasteiger partial charge in [-0.05, 0) is 31.5 Å². The lowest BCUT2D eigenvalue weighted by Gasteiger charge is -2.15. The summed E-state index contributed by atoms with van der Waals surface area (Å²) in [6.45, 7) is 4.56. The van der Waals surface area contributed by atoms with E-state index in [9.17, 15) is 5.11 Å². The van der Waals surface area contributed by atoms with Gasteiger partial charge in [-0.15, -0.1) is 12.4 Å². The highest BCUT2D eigenvalue weighted by Crippen LogP contribution is 2.28. The van der Waals surface area contributed by atoms with E-state index >= 15 is 0 Å². The van der Waals surface area contributed by atoms with E-state index in [0.29, 0.717) is 17.9 Å². The molecule has 1 aromatic carbocycles. The van der Waals surface area contributed by atoms with Crippen molar-refractivity contribution in [3.63, 3.8) is 0 Å². The van der Waals surface area contributed by atoms with Crippen molar-refractivity contribution in [3.8, 4) is 5.75 Å². The molecule has 0 unspecified atom stereocenters. The summed E-state index contributed by atoms with van der Waals surface area (Å²) in [5.74, 6) is 0.873. The molecule has 0 amide bonds. The average molecular weight is 273 g/mol. The van der Waals surface area contributed by atoms with Gasteiger partial charge in [0, 0.05) is 23.7 Å². The largest absolute Gasteiger partial charge is 0.506 e. The summed E-state index contributed by atoms with van der Waals surface area (Å²) in [6.07, 6.45) is 0. The molecule has 0 aliphatic carbocycles. The SMILES string of the molecule is CCN(Cl)c1nc2c(O)cccc2cc1C.Cl. The molecule has 0 fully saturated rings. The van der Waals surface area contributed by atoms with Crippen LogP contribution in [0.5, 0.6) is 5.75 Å². The monoisotopic (exact) mass is 272 g/mol. The summed E-state index contributed by atoms with van der Waals surface area (Å²) >= 11 is 6.04. The Morgan fingerprint density at radius 3 is 2.76 bits per heavy atom. The highest BCUT2D eigenvalue weighted by atomic mass is 35.5. The van der Waals surface area contributed by atoms with Crippen molar-refractivity contribution in [2.45, 2.75) is 13.8 Å². The van der Waals surface area contributed by atoms with E-state index in [0.717, 1.165) is 10.9 Å². The maximum atomic E-state index is 9.72. The maximum Gasteiger partial charge on any atom is 0.146 e. The number of aromatic nitrogens is 1. The van der Waals surface area contributed by atoms with Crippen molar-refractivity contribution < 1.29 is 5.11 Å². The van der Waals surface area contributed by atoms with Crippen molar-refractivity contribution >= 4 is 40.9 Å². The lowest BCUT2D eigenvalue weighted by molar-refractivity contribution is 0.480. The predicted octanol–water partition coefficient (Wildman–Crippen LogP) is 3.65. The number of rotatable bonds is 2. The Balaban J connectivity index is 0.00000144. The number of nitrogens with zero attached hydrogens (tertiary/aromatic N) is 2. The fraction of sp³-hybridized carbons (Fsp3) is 0.250. The van der Waals surface area contributed by atoms with Gasteiger partial charge >= 0.3 is 0 Å². The first-order valence-electron chi connectivity index (χ1n) is 5.16. The molecule has 0 radical (unpaired) electrons. The molecule has 3 nitrogen and oxygen atoms in total. The van der Waals surface area contributed by atoms with E-state index in [1.807, 2.05) is 26.0 Å². The number of phenolic OH excluding ortho intramolecular Hbond substituents is 1. The Labute approximate surface area is 112 Å². The molecule has 0 spiro atoms. The minimum Gasteiger partial charge on any atom is -0.506 e. The molecular weight excluding hydrogens is 259 g/mol. The molecule has 5 heteroatoms. The van der Waals surface area contributed by atoms with Crippen LogP contribution >= 0.6 is 24.2 Å². The number of hydrogen-bond donors (Lipinski definition) is 1. The van der Waals surface area contributed by atoms with Gasteiger partial charge in [0.25, 0.3) is 0 Å². The normalized spacial score (nSPS) is 10.1. The molecule has 2 rings (SSSR count). The predicted molar refractivity (Wildman–Crippen MR) is 74.3 cm³/mol. The number of phenols is 1. The van der Waals surface area contributed by atoms with Gasteiger partial charge in [0.1, 0.15) is 17.1 Å². The van der Waals surface area contributed by atoms with Crippen LogP contribution in [0.1, 0.15) is 12.5 Å². The van der Waals surface area contributed by atoms with Crippen LogP contribution in [0.25, 0.3) is 10.9 Å². The first kappa shape index (κ1) is 13.9. The number of hydrogen-bond acceptors (Lipinski definition) is 3. The van der Waals surface area contributed by atoms with Gasteiger partial charge in [0.15, 0.2) is 0 Å². The summed E-state index contributed by atoms with van der Waals surface area (Å²) < 4.78 is 1.54. The Morgan fingerprint density at radius 1 is 1.41 bits per heavy atom. The number of para-hydroxylation sites is 1. The van der Waals surface area contributed by atoms with E-state index in [2.05, 4.69) is 4.98 Å². The number of aromatic hydroxyl groups is 1. The first-order chi connectivity index (χ1) is 7.63. The number of benzene rings is 1. The van der Waals surface area contributed by atoms with Gasteiger partial charge in [-0.3, -0.25) is 4.42 Å². The lowest BCUT2D eigenvalue weighted by atomic mass is 10.1. The third-order valence-corrected chi connectivity index (χ3v) is 2.89. The minimum atomic E-state index is 0. The Hall–Kier alpha value is -1.19. The number of aryl methyl sites for hydroxylation is 1. The fourth-order valence-electron chi connectivity index (χ4n) is 1.67. The van der Waals surface area contributed by atoms with Gasteiger partial charge in [0.05, 0.1) is 0 Å². The van der Waals surface area contributed by atoms with Crippen LogP contribution < -0.4 is 4.42 Å². The second kappa shape index (κ2) is 5.43. The molecule has 1 aromatic heterocycles. The Morgan fingerprint density at radius 2 is 2.12 bits per heavy atom. The molecule has 17 heavy (non-hydrogen) atoms. The van der Waals surface area contributed by atoms with Crippen molar-refractivity contribution in [2.24, 2.45) is 0 Å². The van der Waals surface area contributed by atoms with Crippen molar-refractivity contribution in [1.29, 1.82) is 0 Å². The molecule has 0 saturated carbocycles. The molecule has 0 aliphatic heterocycles. The first-order valence-corrected chi connectivity index (χ1v) is 5.50. The summed E-state index contributed by atoms with van der Waals surface area (Å²) in [4.78, 5) is 4.39. The van der Waals surface area contributed by atoms with E-state index in [-0.39, 0.29) is 18.2 Å². The van der Waals surface area contributed by atoms with Crippen LogP contribution in [0.3, 0.4) is 0 Å². The molecule has 0 atom stereocenters. The summed E-state index contributed by atoms with van der Waals surface area (Å²) in [5.41, 5.74) is 1.58. The minimum absolute atomic E-state index is 0. The van der Waals surface area contributed by atoms with Crippen LogP contribution in [0.4, 0.5) is 5.82 Å². The molecule has 1 heterocycles. The van der Waals surface area contributed by atoms with E-state index in [1.165, 1.54) is 0 Å². The standard InChI is InChI=1S/C12H13ClN2O.ClH/c1-3-15(13)12-8(2)7-9-5-4-6-10(16)11(9)14-12;/h4-7,16H,3H2,1-2H3;1H. The highest BCUT2D eigenvalue weighted by Gasteiger charge is 2.10. The molecule has 2 aromatic rings. The zero-order valence-corrected chi connectivity index (χ0v) is 11.2. The van der Waals surface area contributed by atoms with Crippen molar-refractivity contribution in [3.05, 3.63) is 29.8 Å². The Bertz CT molecular complexity index is 531. The number of fused-ring (bicyclic) bond motifs is 1. The molecule has 0 aliphatic rings. The second-order valence-electron chi connectivity index (χ2n) is 3.66. The van der Waals surface area contributed by atoms with E-state index < -0.39 is 0 Å². The zero-order valence-electron chi connectivity index (χ0n) is 9.64. The van der Waals surface area contributed by atoms with Crippen molar-refractivity contribution in [2.75, 3.05) is 11.0 Å². The average Bonchev–Trinajstić information content (AvgIpc) is 2.28. The molecule has 92 valence electrons. The van der Waals surface area contributed by atoms with Crippen LogP contribution in [-0.4, -0.2) is 16.6 Å². The number of pyridine rings is 1. The third-order valence-electron chi connectivity index (χ3n) is 2.50. The Kier molecular flexibility index (Phi) is 4.43. The van der Waals surface area contributed by atoms with Gasteiger partial charge in [-0.25, -0.2) is 4.98 Å². The maximum absolute atomic E-state index is 9.72.